The number of hydrogen-bond acceptors (Lipinski definition) is 7. The fraction of sp³-hybridized carbons (Fsp3) is 0.556. The van der Waals surface area contributed by atoms with E-state index in [2.05, 4.69) is 10.3 Å². The summed E-state index contributed by atoms with van der Waals surface area (Å²) in [6, 6.07) is 3.17. The number of aromatic nitrogens is 1. The maximum atomic E-state index is 13.2. The van der Waals surface area contributed by atoms with E-state index in [-0.39, 0.29) is 17.9 Å². The molecule has 8 nitrogen and oxygen atoms in total. The SMILES string of the molecule is CN(C)[C@H]1C[C@]2(O)CCC3=C(C=C2[C@@H](O)[C@@H]1O)C(O)C[C@]1(C)C(C(=O)Nc2cccnc2)=CCC31. The Kier molecular flexibility index (Phi) is 6.01. The quantitative estimate of drug-likeness (QED) is 0.443. The molecule has 7 atom stereocenters. The van der Waals surface area contributed by atoms with Crippen LogP contribution in [0.3, 0.4) is 0 Å². The van der Waals surface area contributed by atoms with Crippen LogP contribution in [0.15, 0.2) is 59.0 Å². The normalized spacial score (nSPS) is 38.7. The lowest BCUT2D eigenvalue weighted by atomic mass is 9.62. The number of carbonyl (C=O) groups excluding carboxylic acids is 1. The van der Waals surface area contributed by atoms with Crippen molar-refractivity contribution in [2.24, 2.45) is 11.3 Å². The van der Waals surface area contributed by atoms with E-state index in [1.807, 2.05) is 32.0 Å². The molecule has 0 bridgehead atoms. The number of fused-ring (bicyclic) bond motifs is 3. The molecule has 1 saturated carbocycles. The number of likely N-dealkylation sites (N-methyl/N-ethyl adjacent to an activating group) is 1. The molecule has 5 rings (SSSR count). The Morgan fingerprint density at radius 2 is 2.00 bits per heavy atom. The molecule has 2 unspecified atom stereocenters. The molecular formula is C27H35N3O5. The van der Waals surface area contributed by atoms with Crippen molar-refractivity contribution >= 4 is 11.6 Å². The van der Waals surface area contributed by atoms with Crippen LogP contribution in [0.2, 0.25) is 0 Å². The first kappa shape index (κ1) is 24.3. The van der Waals surface area contributed by atoms with Gasteiger partial charge >= 0.3 is 0 Å². The summed E-state index contributed by atoms with van der Waals surface area (Å²) in [5, 5.41) is 47.6. The van der Waals surface area contributed by atoms with Crippen molar-refractivity contribution in [2.45, 2.75) is 69.0 Å². The topological polar surface area (TPSA) is 126 Å². The molecule has 1 heterocycles. The minimum atomic E-state index is -1.27. The number of amides is 1. The molecule has 0 aliphatic heterocycles. The third-order valence-electron chi connectivity index (χ3n) is 8.78. The summed E-state index contributed by atoms with van der Waals surface area (Å²) in [5.74, 6) is -0.172. The van der Waals surface area contributed by atoms with Crippen molar-refractivity contribution in [3.05, 3.63) is 59.0 Å². The predicted molar refractivity (Wildman–Crippen MR) is 131 cm³/mol. The van der Waals surface area contributed by atoms with Gasteiger partial charge in [-0.15, -0.1) is 0 Å². The molecule has 1 aromatic rings. The van der Waals surface area contributed by atoms with Gasteiger partial charge in [0.2, 0.25) is 0 Å². The number of carbonyl (C=O) groups is 1. The maximum Gasteiger partial charge on any atom is 0.251 e. The van der Waals surface area contributed by atoms with Crippen LogP contribution in [0.25, 0.3) is 0 Å². The molecule has 0 spiro atoms. The Morgan fingerprint density at radius 3 is 2.69 bits per heavy atom. The van der Waals surface area contributed by atoms with Crippen molar-refractivity contribution in [2.75, 3.05) is 19.4 Å². The molecule has 1 fully saturated rings. The fourth-order valence-electron chi connectivity index (χ4n) is 6.83. The first-order valence-electron chi connectivity index (χ1n) is 12.3. The van der Waals surface area contributed by atoms with E-state index < -0.39 is 29.3 Å². The summed E-state index contributed by atoms with van der Waals surface area (Å²) < 4.78 is 0. The molecular weight excluding hydrogens is 446 g/mol. The Labute approximate surface area is 205 Å². The van der Waals surface area contributed by atoms with Crippen molar-refractivity contribution in [1.29, 1.82) is 0 Å². The summed E-state index contributed by atoms with van der Waals surface area (Å²) in [7, 11) is 3.66. The van der Waals surface area contributed by atoms with Crippen LogP contribution in [-0.2, 0) is 4.79 Å². The molecule has 0 radical (unpaired) electrons. The van der Waals surface area contributed by atoms with Crippen LogP contribution in [0.4, 0.5) is 5.69 Å². The second-order valence-corrected chi connectivity index (χ2v) is 11.0. The van der Waals surface area contributed by atoms with E-state index in [1.54, 1.807) is 30.6 Å². The number of pyridine rings is 1. The smallest absolute Gasteiger partial charge is 0.251 e. The minimum absolute atomic E-state index is 0.0165. The van der Waals surface area contributed by atoms with Crippen molar-refractivity contribution < 1.29 is 25.2 Å². The number of rotatable bonds is 3. The lowest BCUT2D eigenvalue weighted by Crippen LogP contribution is -2.58. The molecule has 0 aromatic carbocycles. The van der Waals surface area contributed by atoms with E-state index >= 15 is 0 Å². The summed E-state index contributed by atoms with van der Waals surface area (Å²) in [4.78, 5) is 19.1. The largest absolute Gasteiger partial charge is 0.388 e. The van der Waals surface area contributed by atoms with E-state index in [0.29, 0.717) is 48.9 Å². The zero-order valence-electron chi connectivity index (χ0n) is 20.5. The van der Waals surface area contributed by atoms with Gasteiger partial charge in [0.05, 0.1) is 29.7 Å². The maximum absolute atomic E-state index is 13.2. The van der Waals surface area contributed by atoms with Crippen LogP contribution < -0.4 is 5.32 Å². The predicted octanol–water partition coefficient (Wildman–Crippen LogP) is 1.54. The van der Waals surface area contributed by atoms with Crippen LogP contribution in [0, 0.1) is 11.3 Å². The van der Waals surface area contributed by atoms with E-state index in [4.69, 9.17) is 0 Å². The number of nitrogens with one attached hydrogen (secondary N) is 1. The highest BCUT2D eigenvalue weighted by Crippen LogP contribution is 2.57. The van der Waals surface area contributed by atoms with Crippen LogP contribution in [0.1, 0.15) is 39.0 Å². The number of allylic oxidation sites excluding steroid dienone is 2. The standard InChI is InChI=1S/C27H35N3O5/c1-26-13-22(31)17-11-20-23(32)24(33)21(30(2)3)12-27(20,35)9-8-16(17)18(26)6-7-19(26)25(34)29-15-5-4-10-28-14-15/h4-5,7,10-11,14,18,21-24,31-33,35H,6,8-9,12-13H2,1-3H3,(H,29,34)/t18?,21-,22?,23+,24+,26-,27+/m0/s1. The fourth-order valence-corrected chi connectivity index (χ4v) is 6.83. The summed E-state index contributed by atoms with van der Waals surface area (Å²) in [6.45, 7) is 2.03. The Hall–Kier alpha value is -2.36. The van der Waals surface area contributed by atoms with Gasteiger partial charge in [-0.1, -0.05) is 24.6 Å². The third-order valence-corrected chi connectivity index (χ3v) is 8.78. The van der Waals surface area contributed by atoms with Gasteiger partial charge in [0.1, 0.15) is 6.10 Å². The second kappa shape index (κ2) is 8.64. The van der Waals surface area contributed by atoms with Gasteiger partial charge in [-0.2, -0.15) is 0 Å². The Bertz CT molecular complexity index is 1110. The molecule has 4 aliphatic rings. The zero-order chi connectivity index (χ0) is 25.1. The Balaban J connectivity index is 1.46. The van der Waals surface area contributed by atoms with Gasteiger partial charge in [-0.05, 0) is 75.4 Å². The molecule has 1 amide bonds. The summed E-state index contributed by atoms with van der Waals surface area (Å²) in [5.41, 5.74) is 1.60. The van der Waals surface area contributed by atoms with E-state index in [9.17, 15) is 25.2 Å². The zero-order valence-corrected chi connectivity index (χ0v) is 20.5. The highest BCUT2D eigenvalue weighted by molar-refractivity contribution is 6.05. The van der Waals surface area contributed by atoms with Crippen LogP contribution >= 0.6 is 0 Å². The molecule has 35 heavy (non-hydrogen) atoms. The molecule has 5 N–H and O–H groups in total. The van der Waals surface area contributed by atoms with Gasteiger partial charge in [0.25, 0.3) is 5.91 Å². The number of hydrogen-bond donors (Lipinski definition) is 5. The van der Waals surface area contributed by atoms with Gasteiger partial charge in [0, 0.05) is 23.2 Å². The number of nitrogens with zero attached hydrogens (tertiary/aromatic N) is 2. The molecule has 8 heteroatoms. The number of aliphatic hydroxyl groups excluding tert-OH is 3. The first-order valence-corrected chi connectivity index (χ1v) is 12.3. The number of aliphatic hydroxyl groups is 4. The van der Waals surface area contributed by atoms with Crippen LogP contribution in [0.5, 0.6) is 0 Å². The van der Waals surface area contributed by atoms with Gasteiger partial charge < -0.3 is 30.6 Å². The van der Waals surface area contributed by atoms with Crippen molar-refractivity contribution in [3.63, 3.8) is 0 Å². The lowest BCUT2D eigenvalue weighted by Gasteiger charge is -2.46. The molecule has 0 saturated heterocycles. The van der Waals surface area contributed by atoms with Gasteiger partial charge in [-0.25, -0.2) is 0 Å². The highest BCUT2D eigenvalue weighted by Gasteiger charge is 2.54. The van der Waals surface area contributed by atoms with Gasteiger partial charge in [-0.3, -0.25) is 9.78 Å². The van der Waals surface area contributed by atoms with E-state index in [1.165, 1.54) is 0 Å². The van der Waals surface area contributed by atoms with E-state index in [0.717, 1.165) is 11.1 Å². The van der Waals surface area contributed by atoms with Crippen molar-refractivity contribution in [1.82, 2.24) is 9.88 Å². The van der Waals surface area contributed by atoms with Crippen LogP contribution in [-0.4, -0.2) is 80.3 Å². The molecule has 188 valence electrons. The third kappa shape index (κ3) is 3.88. The van der Waals surface area contributed by atoms with Gasteiger partial charge in [0.15, 0.2) is 0 Å². The lowest BCUT2D eigenvalue weighted by molar-refractivity contribution is -0.114. The monoisotopic (exact) mass is 481 g/mol. The average molecular weight is 482 g/mol. The first-order chi connectivity index (χ1) is 16.5. The highest BCUT2D eigenvalue weighted by atomic mass is 16.3. The summed E-state index contributed by atoms with van der Waals surface area (Å²) >= 11 is 0. The molecule has 4 aliphatic carbocycles. The summed E-state index contributed by atoms with van der Waals surface area (Å²) in [6.07, 6.45) is 6.16. The molecule has 1 aromatic heterocycles. The Morgan fingerprint density at radius 1 is 1.23 bits per heavy atom. The van der Waals surface area contributed by atoms with Crippen molar-refractivity contribution in [3.8, 4) is 0 Å². The second-order valence-electron chi connectivity index (χ2n) is 11.0. The average Bonchev–Trinajstić information content (AvgIpc) is 3.06. The number of anilines is 1. The minimum Gasteiger partial charge on any atom is -0.388 e.